The first-order valence-electron chi connectivity index (χ1n) is 5.78. The lowest BCUT2D eigenvalue weighted by Gasteiger charge is -2.31. The van der Waals surface area contributed by atoms with E-state index in [0.717, 1.165) is 31.5 Å². The van der Waals surface area contributed by atoms with Crippen LogP contribution in [0.1, 0.15) is 12.0 Å². The van der Waals surface area contributed by atoms with Crippen molar-refractivity contribution < 1.29 is 9.13 Å². The first kappa shape index (κ1) is 11.6. The van der Waals surface area contributed by atoms with Crippen molar-refractivity contribution in [1.29, 1.82) is 0 Å². The minimum absolute atomic E-state index is 0.101. The molecule has 16 heavy (non-hydrogen) atoms. The van der Waals surface area contributed by atoms with Gasteiger partial charge >= 0.3 is 0 Å². The fourth-order valence-corrected chi connectivity index (χ4v) is 2.34. The van der Waals surface area contributed by atoms with Crippen LogP contribution in [0.5, 0.6) is 0 Å². The van der Waals surface area contributed by atoms with Crippen LogP contribution in [-0.2, 0) is 11.2 Å². The summed E-state index contributed by atoms with van der Waals surface area (Å²) in [5.74, 6) is 0.319. The van der Waals surface area contributed by atoms with Gasteiger partial charge in [-0.15, -0.1) is 0 Å². The van der Waals surface area contributed by atoms with Gasteiger partial charge in [-0.25, -0.2) is 4.39 Å². The van der Waals surface area contributed by atoms with Crippen molar-refractivity contribution in [2.75, 3.05) is 20.2 Å². The molecule has 1 aliphatic heterocycles. The summed E-state index contributed by atoms with van der Waals surface area (Å²) in [6.45, 7) is 1.87. The van der Waals surface area contributed by atoms with Crippen LogP contribution in [-0.4, -0.2) is 26.3 Å². The Kier molecular flexibility index (Phi) is 3.91. The molecule has 1 aromatic carbocycles. The van der Waals surface area contributed by atoms with Crippen LogP contribution in [0.25, 0.3) is 0 Å². The zero-order valence-electron chi connectivity index (χ0n) is 9.58. The van der Waals surface area contributed by atoms with E-state index in [1.807, 2.05) is 12.1 Å². The van der Waals surface area contributed by atoms with Gasteiger partial charge in [0, 0.05) is 13.7 Å². The average molecular weight is 223 g/mol. The standard InChI is InChI=1S/C13H18FNO/c1-16-13-9-15-7-6-11(13)8-10-4-2-3-5-12(10)14/h2-5,11,13,15H,6-9H2,1H3/t11-,13+/m1/s1. The third kappa shape index (κ3) is 2.60. The number of methoxy groups -OCH3 is 1. The van der Waals surface area contributed by atoms with Gasteiger partial charge in [0.15, 0.2) is 0 Å². The van der Waals surface area contributed by atoms with Gasteiger partial charge in [0.25, 0.3) is 0 Å². The van der Waals surface area contributed by atoms with Gasteiger partial charge in [-0.1, -0.05) is 18.2 Å². The second-order valence-electron chi connectivity index (χ2n) is 4.32. The normalized spacial score (nSPS) is 25.6. The number of piperidine rings is 1. The van der Waals surface area contributed by atoms with Crippen LogP contribution in [0, 0.1) is 11.7 Å². The van der Waals surface area contributed by atoms with Crippen molar-refractivity contribution in [2.45, 2.75) is 18.9 Å². The van der Waals surface area contributed by atoms with Crippen molar-refractivity contribution in [2.24, 2.45) is 5.92 Å². The molecule has 2 rings (SSSR count). The van der Waals surface area contributed by atoms with Crippen molar-refractivity contribution in [1.82, 2.24) is 5.32 Å². The fraction of sp³-hybridized carbons (Fsp3) is 0.538. The Labute approximate surface area is 95.8 Å². The molecular formula is C13H18FNO. The van der Waals surface area contributed by atoms with Gasteiger partial charge in [-0.05, 0) is 36.9 Å². The molecule has 88 valence electrons. The lowest BCUT2D eigenvalue weighted by atomic mass is 9.88. The van der Waals surface area contributed by atoms with Crippen molar-refractivity contribution in [3.8, 4) is 0 Å². The number of hydrogen-bond acceptors (Lipinski definition) is 2. The molecule has 1 heterocycles. The smallest absolute Gasteiger partial charge is 0.126 e. The lowest BCUT2D eigenvalue weighted by Crippen LogP contribution is -2.42. The fourth-order valence-electron chi connectivity index (χ4n) is 2.34. The molecule has 0 amide bonds. The van der Waals surface area contributed by atoms with Crippen molar-refractivity contribution in [3.05, 3.63) is 35.6 Å². The second kappa shape index (κ2) is 5.41. The molecule has 2 nitrogen and oxygen atoms in total. The van der Waals surface area contributed by atoms with E-state index in [1.54, 1.807) is 13.2 Å². The van der Waals surface area contributed by atoms with E-state index >= 15 is 0 Å². The third-order valence-corrected chi connectivity index (χ3v) is 3.31. The highest BCUT2D eigenvalue weighted by Crippen LogP contribution is 2.21. The Morgan fingerprint density at radius 2 is 2.25 bits per heavy atom. The number of nitrogens with one attached hydrogen (secondary N) is 1. The van der Waals surface area contributed by atoms with Crippen molar-refractivity contribution in [3.63, 3.8) is 0 Å². The Morgan fingerprint density at radius 1 is 1.44 bits per heavy atom. The van der Waals surface area contributed by atoms with Crippen LogP contribution in [0.4, 0.5) is 4.39 Å². The molecule has 0 radical (unpaired) electrons. The summed E-state index contributed by atoms with van der Waals surface area (Å²) in [4.78, 5) is 0. The monoisotopic (exact) mass is 223 g/mol. The summed E-state index contributed by atoms with van der Waals surface area (Å²) < 4.78 is 19.0. The highest BCUT2D eigenvalue weighted by molar-refractivity contribution is 5.18. The van der Waals surface area contributed by atoms with Gasteiger partial charge in [-0.2, -0.15) is 0 Å². The molecule has 2 atom stereocenters. The summed E-state index contributed by atoms with van der Waals surface area (Å²) in [6, 6.07) is 7.01. The molecule has 0 spiro atoms. The maximum Gasteiger partial charge on any atom is 0.126 e. The molecule has 1 aromatic rings. The van der Waals surface area contributed by atoms with E-state index in [-0.39, 0.29) is 11.9 Å². The lowest BCUT2D eigenvalue weighted by molar-refractivity contribution is 0.0338. The van der Waals surface area contributed by atoms with Crippen LogP contribution < -0.4 is 5.32 Å². The second-order valence-corrected chi connectivity index (χ2v) is 4.32. The van der Waals surface area contributed by atoms with Gasteiger partial charge in [0.1, 0.15) is 5.82 Å². The molecule has 1 aliphatic rings. The Bertz CT molecular complexity index is 342. The number of benzene rings is 1. The van der Waals surface area contributed by atoms with Gasteiger partial charge < -0.3 is 10.1 Å². The van der Waals surface area contributed by atoms with Gasteiger partial charge in [0.2, 0.25) is 0 Å². The molecule has 3 heteroatoms. The predicted octanol–water partition coefficient (Wildman–Crippen LogP) is 1.99. The Hall–Kier alpha value is -0.930. The summed E-state index contributed by atoms with van der Waals surface area (Å²) in [7, 11) is 1.73. The topological polar surface area (TPSA) is 21.3 Å². The van der Waals surface area contributed by atoms with Crippen LogP contribution in [0.2, 0.25) is 0 Å². The molecule has 0 bridgehead atoms. The Morgan fingerprint density at radius 3 is 3.00 bits per heavy atom. The summed E-state index contributed by atoms with van der Waals surface area (Å²) >= 11 is 0. The molecule has 1 saturated heterocycles. The summed E-state index contributed by atoms with van der Waals surface area (Å²) in [5, 5.41) is 3.30. The van der Waals surface area contributed by atoms with Crippen LogP contribution in [0.3, 0.4) is 0 Å². The molecule has 0 unspecified atom stereocenters. The predicted molar refractivity (Wildman–Crippen MR) is 61.9 cm³/mol. The highest BCUT2D eigenvalue weighted by atomic mass is 19.1. The third-order valence-electron chi connectivity index (χ3n) is 3.31. The van der Waals surface area contributed by atoms with E-state index in [0.29, 0.717) is 5.92 Å². The Balaban J connectivity index is 2.05. The number of halogens is 1. The van der Waals surface area contributed by atoms with Crippen LogP contribution in [0.15, 0.2) is 24.3 Å². The van der Waals surface area contributed by atoms with E-state index < -0.39 is 0 Å². The summed E-state index contributed by atoms with van der Waals surface area (Å²) in [5.41, 5.74) is 0.802. The first-order chi connectivity index (χ1) is 7.81. The SMILES string of the molecule is CO[C@H]1CNCC[C@@H]1Cc1ccccc1F. The van der Waals surface area contributed by atoms with E-state index in [1.165, 1.54) is 6.07 Å². The minimum Gasteiger partial charge on any atom is -0.380 e. The average Bonchev–Trinajstić information content (AvgIpc) is 2.33. The quantitative estimate of drug-likeness (QED) is 0.846. The van der Waals surface area contributed by atoms with Crippen molar-refractivity contribution >= 4 is 0 Å². The zero-order chi connectivity index (χ0) is 11.4. The largest absolute Gasteiger partial charge is 0.380 e. The van der Waals surface area contributed by atoms with Gasteiger partial charge in [-0.3, -0.25) is 0 Å². The molecule has 0 aromatic heterocycles. The highest BCUT2D eigenvalue weighted by Gasteiger charge is 2.25. The maximum absolute atomic E-state index is 13.5. The van der Waals surface area contributed by atoms with Crippen LogP contribution >= 0.6 is 0 Å². The first-order valence-corrected chi connectivity index (χ1v) is 5.78. The van der Waals surface area contributed by atoms with E-state index in [2.05, 4.69) is 5.32 Å². The van der Waals surface area contributed by atoms with E-state index in [4.69, 9.17) is 4.74 Å². The zero-order valence-corrected chi connectivity index (χ0v) is 9.58. The number of rotatable bonds is 3. The molecular weight excluding hydrogens is 205 g/mol. The number of hydrogen-bond donors (Lipinski definition) is 1. The minimum atomic E-state index is -0.101. The van der Waals surface area contributed by atoms with Gasteiger partial charge in [0.05, 0.1) is 6.10 Å². The summed E-state index contributed by atoms with van der Waals surface area (Å²) in [6.07, 6.45) is 2.02. The molecule has 1 N–H and O–H groups in total. The maximum atomic E-state index is 13.5. The molecule has 1 fully saturated rings. The van der Waals surface area contributed by atoms with E-state index in [9.17, 15) is 4.39 Å². The molecule has 0 saturated carbocycles. The molecule has 0 aliphatic carbocycles. The number of ether oxygens (including phenoxy) is 1.